The summed E-state index contributed by atoms with van der Waals surface area (Å²) in [5, 5.41) is 9.83. The second-order valence-electron chi connectivity index (χ2n) is 5.09. The van der Waals surface area contributed by atoms with Gasteiger partial charge >= 0.3 is 0 Å². The summed E-state index contributed by atoms with van der Waals surface area (Å²) < 4.78 is 0. The third kappa shape index (κ3) is 2.23. The summed E-state index contributed by atoms with van der Waals surface area (Å²) in [5.41, 5.74) is 6.71. The van der Waals surface area contributed by atoms with Crippen LogP contribution >= 0.6 is 0 Å². The van der Waals surface area contributed by atoms with E-state index in [9.17, 15) is 5.11 Å². The first kappa shape index (κ1) is 13.5. The molecule has 1 heteroatoms. The highest BCUT2D eigenvalue weighted by atomic mass is 16.3. The standard InChI is InChI=1S/C20H16O/c1-3-5-14-7-9-16-17-10-8-15(6-4-2)12-19(17)20(13-21)18(16)11-14/h7-12,20-21H,13H2,1-2H3. The summed E-state index contributed by atoms with van der Waals surface area (Å²) in [4.78, 5) is 0. The quantitative estimate of drug-likeness (QED) is 0.787. The highest BCUT2D eigenvalue weighted by Gasteiger charge is 2.28. The summed E-state index contributed by atoms with van der Waals surface area (Å²) in [6.07, 6.45) is 0. The van der Waals surface area contributed by atoms with Crippen molar-refractivity contribution in [2.45, 2.75) is 19.8 Å². The smallest absolute Gasteiger partial charge is 0.0540 e. The average Bonchev–Trinajstić information content (AvgIpc) is 2.80. The summed E-state index contributed by atoms with van der Waals surface area (Å²) in [6.45, 7) is 3.77. The molecule has 1 N–H and O–H groups in total. The molecule has 3 rings (SSSR count). The van der Waals surface area contributed by atoms with Gasteiger partial charge in [-0.1, -0.05) is 24.0 Å². The largest absolute Gasteiger partial charge is 0.395 e. The molecule has 0 heterocycles. The SMILES string of the molecule is CC#Cc1ccc2c(c1)C(CO)c1cc(C#CC)ccc1-2. The molecule has 0 spiro atoms. The van der Waals surface area contributed by atoms with Crippen molar-refractivity contribution in [3.8, 4) is 34.8 Å². The van der Waals surface area contributed by atoms with Gasteiger partial charge in [0.1, 0.15) is 0 Å². The summed E-state index contributed by atoms with van der Waals surface area (Å²) in [7, 11) is 0. The van der Waals surface area contributed by atoms with Crippen molar-refractivity contribution in [3.63, 3.8) is 0 Å². The molecule has 0 aromatic heterocycles. The van der Waals surface area contributed by atoms with Crippen LogP contribution in [0.3, 0.4) is 0 Å². The van der Waals surface area contributed by atoms with E-state index in [1.54, 1.807) is 0 Å². The zero-order valence-electron chi connectivity index (χ0n) is 12.2. The van der Waals surface area contributed by atoms with Crippen molar-refractivity contribution in [3.05, 3.63) is 58.7 Å². The van der Waals surface area contributed by atoms with Gasteiger partial charge in [0, 0.05) is 17.0 Å². The van der Waals surface area contributed by atoms with Crippen molar-refractivity contribution in [2.75, 3.05) is 6.61 Å². The van der Waals surface area contributed by atoms with Crippen LogP contribution < -0.4 is 0 Å². The zero-order valence-corrected chi connectivity index (χ0v) is 12.2. The molecule has 1 aliphatic rings. The minimum atomic E-state index is 0.0206. The Morgan fingerprint density at radius 1 is 0.857 bits per heavy atom. The van der Waals surface area contributed by atoms with E-state index in [4.69, 9.17) is 0 Å². The molecule has 21 heavy (non-hydrogen) atoms. The van der Waals surface area contributed by atoms with Gasteiger partial charge < -0.3 is 5.11 Å². The van der Waals surface area contributed by atoms with Gasteiger partial charge in [-0.15, -0.1) is 11.8 Å². The minimum absolute atomic E-state index is 0.0206. The van der Waals surface area contributed by atoms with E-state index in [2.05, 4.69) is 47.9 Å². The van der Waals surface area contributed by atoms with E-state index < -0.39 is 0 Å². The second kappa shape index (κ2) is 5.49. The molecule has 0 saturated carbocycles. The third-order valence-electron chi connectivity index (χ3n) is 3.87. The highest BCUT2D eigenvalue weighted by molar-refractivity contribution is 5.80. The van der Waals surface area contributed by atoms with Crippen LogP contribution in [-0.2, 0) is 0 Å². The van der Waals surface area contributed by atoms with Crippen molar-refractivity contribution in [1.29, 1.82) is 0 Å². The fraction of sp³-hybridized carbons (Fsp3) is 0.200. The maximum Gasteiger partial charge on any atom is 0.0540 e. The number of hydrogen-bond donors (Lipinski definition) is 1. The van der Waals surface area contributed by atoms with Crippen molar-refractivity contribution in [1.82, 2.24) is 0 Å². The normalized spacial score (nSPS) is 11.8. The molecule has 1 nitrogen and oxygen atoms in total. The van der Waals surface area contributed by atoms with Crippen LogP contribution in [0.15, 0.2) is 36.4 Å². The Balaban J connectivity index is 2.18. The number of rotatable bonds is 1. The molecule has 102 valence electrons. The molecule has 0 atom stereocenters. The molecule has 0 amide bonds. The Labute approximate surface area is 125 Å². The van der Waals surface area contributed by atoms with E-state index >= 15 is 0 Å². The van der Waals surface area contributed by atoms with Crippen LogP contribution in [0.25, 0.3) is 11.1 Å². The molecule has 0 radical (unpaired) electrons. The van der Waals surface area contributed by atoms with Crippen molar-refractivity contribution >= 4 is 0 Å². The van der Waals surface area contributed by atoms with Gasteiger partial charge in [0.25, 0.3) is 0 Å². The molecule has 1 aliphatic carbocycles. The number of benzene rings is 2. The van der Waals surface area contributed by atoms with E-state index in [0.717, 1.165) is 22.3 Å². The number of fused-ring (bicyclic) bond motifs is 3. The Bertz CT molecular complexity index is 753. The fourth-order valence-electron chi connectivity index (χ4n) is 3.00. The Morgan fingerprint density at radius 3 is 1.71 bits per heavy atom. The fourth-order valence-corrected chi connectivity index (χ4v) is 3.00. The molecule has 0 fully saturated rings. The predicted octanol–water partition coefficient (Wildman–Crippen LogP) is 3.53. The minimum Gasteiger partial charge on any atom is -0.395 e. The van der Waals surface area contributed by atoms with Gasteiger partial charge in [0.15, 0.2) is 0 Å². The first-order chi connectivity index (χ1) is 10.3. The zero-order chi connectivity index (χ0) is 14.8. The van der Waals surface area contributed by atoms with Gasteiger partial charge in [0.05, 0.1) is 6.61 Å². The van der Waals surface area contributed by atoms with E-state index in [1.807, 2.05) is 26.0 Å². The van der Waals surface area contributed by atoms with Crippen LogP contribution in [0.5, 0.6) is 0 Å². The Morgan fingerprint density at radius 2 is 1.33 bits per heavy atom. The average molecular weight is 272 g/mol. The second-order valence-corrected chi connectivity index (χ2v) is 5.09. The van der Waals surface area contributed by atoms with E-state index in [1.165, 1.54) is 11.1 Å². The lowest BCUT2D eigenvalue weighted by molar-refractivity contribution is 0.282. The van der Waals surface area contributed by atoms with E-state index in [0.29, 0.717) is 0 Å². The molecular weight excluding hydrogens is 256 g/mol. The van der Waals surface area contributed by atoms with Crippen LogP contribution in [0.4, 0.5) is 0 Å². The molecule has 0 unspecified atom stereocenters. The van der Waals surface area contributed by atoms with Crippen LogP contribution in [0, 0.1) is 23.7 Å². The first-order valence-electron chi connectivity index (χ1n) is 7.03. The lowest BCUT2D eigenvalue weighted by Gasteiger charge is -2.10. The van der Waals surface area contributed by atoms with Crippen LogP contribution in [0.2, 0.25) is 0 Å². The molecule has 2 aromatic rings. The number of hydrogen-bond acceptors (Lipinski definition) is 1. The topological polar surface area (TPSA) is 20.2 Å². The third-order valence-corrected chi connectivity index (χ3v) is 3.87. The lowest BCUT2D eigenvalue weighted by Crippen LogP contribution is -2.02. The molecule has 2 aromatic carbocycles. The maximum atomic E-state index is 9.83. The van der Waals surface area contributed by atoms with Gasteiger partial charge in [-0.25, -0.2) is 0 Å². The lowest BCUT2D eigenvalue weighted by atomic mass is 9.96. The molecule has 0 aliphatic heterocycles. The molecule has 0 bridgehead atoms. The first-order valence-corrected chi connectivity index (χ1v) is 7.03. The Hall–Kier alpha value is -2.48. The number of aliphatic hydroxyl groups is 1. The summed E-state index contributed by atoms with van der Waals surface area (Å²) >= 11 is 0. The molecule has 0 saturated heterocycles. The van der Waals surface area contributed by atoms with Gasteiger partial charge in [-0.2, -0.15) is 0 Å². The van der Waals surface area contributed by atoms with Gasteiger partial charge in [0.2, 0.25) is 0 Å². The van der Waals surface area contributed by atoms with Crippen LogP contribution in [-0.4, -0.2) is 11.7 Å². The summed E-state index contributed by atoms with van der Waals surface area (Å²) in [5.74, 6) is 12.0. The molecular formula is C20H16O. The van der Waals surface area contributed by atoms with E-state index in [-0.39, 0.29) is 12.5 Å². The highest BCUT2D eigenvalue weighted by Crippen LogP contribution is 2.45. The monoisotopic (exact) mass is 272 g/mol. The Kier molecular flexibility index (Phi) is 3.53. The predicted molar refractivity (Wildman–Crippen MR) is 85.9 cm³/mol. The van der Waals surface area contributed by atoms with Gasteiger partial charge in [-0.05, 0) is 60.4 Å². The van der Waals surface area contributed by atoms with Gasteiger partial charge in [-0.3, -0.25) is 0 Å². The van der Waals surface area contributed by atoms with Crippen LogP contribution in [0.1, 0.15) is 42.0 Å². The number of aliphatic hydroxyl groups excluding tert-OH is 1. The van der Waals surface area contributed by atoms with Crippen molar-refractivity contribution in [2.24, 2.45) is 0 Å². The summed E-state index contributed by atoms with van der Waals surface area (Å²) in [6, 6.07) is 12.5. The van der Waals surface area contributed by atoms with Crippen molar-refractivity contribution < 1.29 is 5.11 Å². The maximum absolute atomic E-state index is 9.83.